The minimum Gasteiger partial charge on any atom is -0.387 e. The minimum absolute atomic E-state index is 0.352. The van der Waals surface area contributed by atoms with Crippen molar-refractivity contribution in [2.45, 2.75) is 0 Å². The summed E-state index contributed by atoms with van der Waals surface area (Å²) in [6.45, 7) is 0. The van der Waals surface area contributed by atoms with Crippen LogP contribution in [-0.4, -0.2) is 0 Å². The molecule has 0 heterocycles. The fraction of sp³-hybridized carbons (Fsp3) is 0. The highest BCUT2D eigenvalue weighted by molar-refractivity contribution is 6.16. The van der Waals surface area contributed by atoms with Crippen molar-refractivity contribution in [3.63, 3.8) is 0 Å². The topological polar surface area (TPSA) is 99.1 Å². The van der Waals surface area contributed by atoms with Gasteiger partial charge in [-0.1, -0.05) is 84.9 Å². The van der Waals surface area contributed by atoms with Crippen molar-refractivity contribution >= 4 is 32.3 Å². The molecule has 0 aliphatic rings. The minimum atomic E-state index is 0.352. The first-order valence-electron chi connectivity index (χ1n) is 12.0. The molecule has 6 nitrogen and oxygen atoms in total. The number of hydrogen-bond acceptors (Lipinski definition) is 6. The molecule has 0 unspecified atom stereocenters. The summed E-state index contributed by atoms with van der Waals surface area (Å²) >= 11 is 0. The monoisotopic (exact) mass is 503 g/mol. The molecule has 6 rings (SSSR count). The van der Waals surface area contributed by atoms with Crippen LogP contribution in [0.3, 0.4) is 0 Å². The molecule has 0 fully saturated rings. The molecule has 0 bridgehead atoms. The number of benzene rings is 6. The van der Waals surface area contributed by atoms with Crippen molar-refractivity contribution in [3.05, 3.63) is 103 Å². The molecule has 0 aliphatic carbocycles. The number of nitrogens with zero attached hydrogens (tertiary/aromatic N) is 3. The molecule has 0 spiro atoms. The third kappa shape index (κ3) is 3.89. The van der Waals surface area contributed by atoms with Crippen LogP contribution in [0.1, 0.15) is 0 Å². The van der Waals surface area contributed by atoms with Crippen LogP contribution in [0, 0.1) is 34.6 Å². The fourth-order valence-electron chi connectivity index (χ4n) is 5.26. The normalized spacial score (nSPS) is 10.5. The Morgan fingerprint density at radius 1 is 0.410 bits per heavy atom. The molecule has 6 heteroatoms. The summed E-state index contributed by atoms with van der Waals surface area (Å²) in [5, 5.41) is 33.5. The number of ether oxygens (including phenoxy) is 3. The maximum Gasteiger partial charge on any atom is 0.292 e. The number of nitriles is 3. The standard InChI is InChI=1S/C33H17N3O3/c34-18-37-28-11-5-10-25-26(31-23-8-3-1-6-21(23)12-16-29(31)38-19-35)14-15-27(33(25)28)32-24-9-4-2-7-22(24)13-17-30(32)39-20-36/h1-17H. The Labute approximate surface area is 223 Å². The SMILES string of the molecule is N#COc1ccc2ccccc2c1-c1ccc(-c2c(OC#N)ccc3ccccc23)c2c(OC#N)cccc12. The second-order valence-corrected chi connectivity index (χ2v) is 8.74. The van der Waals surface area contributed by atoms with Crippen LogP contribution in [-0.2, 0) is 0 Å². The average molecular weight is 504 g/mol. The van der Waals surface area contributed by atoms with E-state index >= 15 is 0 Å². The Morgan fingerprint density at radius 3 is 1.49 bits per heavy atom. The molecule has 6 aromatic carbocycles. The van der Waals surface area contributed by atoms with Gasteiger partial charge in [0.2, 0.25) is 0 Å². The van der Waals surface area contributed by atoms with Crippen LogP contribution >= 0.6 is 0 Å². The third-order valence-electron chi connectivity index (χ3n) is 6.79. The zero-order valence-electron chi connectivity index (χ0n) is 20.4. The van der Waals surface area contributed by atoms with Gasteiger partial charge in [-0.15, -0.1) is 15.8 Å². The predicted octanol–water partition coefficient (Wildman–Crippen LogP) is 8.06. The summed E-state index contributed by atoms with van der Waals surface area (Å²) in [7, 11) is 0. The van der Waals surface area contributed by atoms with E-state index in [0.717, 1.165) is 43.6 Å². The van der Waals surface area contributed by atoms with Gasteiger partial charge in [0.1, 0.15) is 0 Å². The largest absolute Gasteiger partial charge is 0.387 e. The Bertz CT molecular complexity index is 2050. The van der Waals surface area contributed by atoms with Gasteiger partial charge >= 0.3 is 0 Å². The smallest absolute Gasteiger partial charge is 0.292 e. The molecule has 0 amide bonds. The Kier molecular flexibility index (Phi) is 5.87. The van der Waals surface area contributed by atoms with Crippen molar-refractivity contribution in [3.8, 4) is 58.3 Å². The quantitative estimate of drug-likeness (QED) is 0.221. The van der Waals surface area contributed by atoms with Gasteiger partial charge in [-0.05, 0) is 56.3 Å². The van der Waals surface area contributed by atoms with Crippen LogP contribution in [0.4, 0.5) is 0 Å². The van der Waals surface area contributed by atoms with Crippen molar-refractivity contribution < 1.29 is 14.2 Å². The molecule has 0 aliphatic heterocycles. The predicted molar refractivity (Wildman–Crippen MR) is 149 cm³/mol. The molecule has 39 heavy (non-hydrogen) atoms. The van der Waals surface area contributed by atoms with Crippen LogP contribution in [0.2, 0.25) is 0 Å². The fourth-order valence-corrected chi connectivity index (χ4v) is 5.26. The number of rotatable bonds is 5. The van der Waals surface area contributed by atoms with E-state index in [1.54, 1.807) is 37.0 Å². The first-order chi connectivity index (χ1) is 19.2. The number of hydrogen-bond donors (Lipinski definition) is 0. The van der Waals surface area contributed by atoms with Gasteiger partial charge in [-0.3, -0.25) is 0 Å². The molecular weight excluding hydrogens is 486 g/mol. The lowest BCUT2D eigenvalue weighted by molar-refractivity contribution is 0.509. The van der Waals surface area contributed by atoms with Crippen molar-refractivity contribution in [1.82, 2.24) is 0 Å². The second-order valence-electron chi connectivity index (χ2n) is 8.74. The highest BCUT2D eigenvalue weighted by Crippen LogP contribution is 2.48. The van der Waals surface area contributed by atoms with Crippen molar-refractivity contribution in [1.29, 1.82) is 15.8 Å². The van der Waals surface area contributed by atoms with E-state index in [-0.39, 0.29) is 0 Å². The van der Waals surface area contributed by atoms with Crippen LogP contribution in [0.15, 0.2) is 103 Å². The molecule has 0 saturated carbocycles. The van der Waals surface area contributed by atoms with Gasteiger partial charge in [-0.2, -0.15) is 0 Å². The van der Waals surface area contributed by atoms with Gasteiger partial charge in [-0.25, -0.2) is 0 Å². The van der Waals surface area contributed by atoms with Gasteiger partial charge in [0, 0.05) is 16.5 Å². The van der Waals surface area contributed by atoms with E-state index in [0.29, 0.717) is 28.2 Å². The summed E-state index contributed by atoms with van der Waals surface area (Å²) in [6.07, 6.45) is 5.40. The molecular formula is C33H17N3O3. The lowest BCUT2D eigenvalue weighted by Crippen LogP contribution is -1.95. The van der Waals surface area contributed by atoms with Gasteiger partial charge in [0.25, 0.3) is 18.8 Å². The highest BCUT2D eigenvalue weighted by Gasteiger charge is 2.21. The summed E-state index contributed by atoms with van der Waals surface area (Å²) in [5.74, 6) is 1.15. The molecule has 0 aromatic heterocycles. The molecule has 182 valence electrons. The van der Waals surface area contributed by atoms with Crippen LogP contribution in [0.25, 0.3) is 54.6 Å². The lowest BCUT2D eigenvalue weighted by atomic mass is 9.87. The van der Waals surface area contributed by atoms with E-state index in [2.05, 4.69) is 0 Å². The third-order valence-corrected chi connectivity index (χ3v) is 6.79. The van der Waals surface area contributed by atoms with Crippen molar-refractivity contribution in [2.75, 3.05) is 0 Å². The maximum atomic E-state index is 9.50. The first kappa shape index (κ1) is 23.4. The molecule has 0 atom stereocenters. The summed E-state index contributed by atoms with van der Waals surface area (Å²) in [4.78, 5) is 0. The Morgan fingerprint density at radius 2 is 0.897 bits per heavy atom. The zero-order valence-corrected chi connectivity index (χ0v) is 20.4. The van der Waals surface area contributed by atoms with Gasteiger partial charge < -0.3 is 14.2 Å². The molecule has 0 saturated heterocycles. The van der Waals surface area contributed by atoms with E-state index < -0.39 is 0 Å². The molecule has 0 N–H and O–H groups in total. The molecule has 6 aromatic rings. The summed E-state index contributed by atoms with van der Waals surface area (Å²) < 4.78 is 16.3. The first-order valence-corrected chi connectivity index (χ1v) is 12.0. The zero-order chi connectivity index (χ0) is 26.8. The van der Waals surface area contributed by atoms with E-state index in [4.69, 9.17) is 14.2 Å². The van der Waals surface area contributed by atoms with Gasteiger partial charge in [0.15, 0.2) is 17.2 Å². The van der Waals surface area contributed by atoms with Crippen LogP contribution in [0.5, 0.6) is 17.2 Å². The summed E-state index contributed by atoms with van der Waals surface area (Å²) in [6, 6.07) is 32.4. The summed E-state index contributed by atoms with van der Waals surface area (Å²) in [5.41, 5.74) is 2.96. The van der Waals surface area contributed by atoms with E-state index in [1.165, 1.54) is 0 Å². The highest BCUT2D eigenvalue weighted by atomic mass is 16.5. The Hall–Kier alpha value is -6.03. The Balaban J connectivity index is 1.77. The molecule has 0 radical (unpaired) electrons. The maximum absolute atomic E-state index is 9.50. The van der Waals surface area contributed by atoms with Crippen molar-refractivity contribution in [2.24, 2.45) is 0 Å². The number of fused-ring (bicyclic) bond motifs is 3. The lowest BCUT2D eigenvalue weighted by Gasteiger charge is -2.18. The second kappa shape index (κ2) is 9.79. The van der Waals surface area contributed by atoms with E-state index in [1.807, 2.05) is 84.9 Å². The van der Waals surface area contributed by atoms with Gasteiger partial charge in [0.05, 0.1) is 0 Å². The average Bonchev–Trinajstić information content (AvgIpc) is 2.97. The van der Waals surface area contributed by atoms with Crippen LogP contribution < -0.4 is 14.2 Å². The van der Waals surface area contributed by atoms with E-state index in [9.17, 15) is 15.8 Å².